The van der Waals surface area contributed by atoms with Crippen molar-refractivity contribution in [2.75, 3.05) is 0 Å². The Morgan fingerprint density at radius 3 is 3.00 bits per heavy atom. The molecule has 0 amide bonds. The number of nitrogens with one attached hydrogen (secondary N) is 1. The van der Waals surface area contributed by atoms with Gasteiger partial charge < -0.3 is 5.73 Å². The summed E-state index contributed by atoms with van der Waals surface area (Å²) in [5.74, 6) is 0. The summed E-state index contributed by atoms with van der Waals surface area (Å²) in [6.07, 6.45) is 4.27. The number of hydrogen-bond acceptors (Lipinski definition) is 3. The third-order valence-corrected chi connectivity index (χ3v) is 1.72. The van der Waals surface area contributed by atoms with E-state index in [1.165, 1.54) is 0 Å². The van der Waals surface area contributed by atoms with Crippen molar-refractivity contribution in [1.29, 1.82) is 0 Å². The molecule has 14 heavy (non-hydrogen) atoms. The van der Waals surface area contributed by atoms with Gasteiger partial charge in [-0.2, -0.15) is 5.10 Å². The molecule has 0 radical (unpaired) electrons. The van der Waals surface area contributed by atoms with Gasteiger partial charge in [-0.15, -0.1) is 0 Å². The maximum Gasteiger partial charge on any atom is 0.184 e. The fourth-order valence-corrected chi connectivity index (χ4v) is 1.05. The van der Waals surface area contributed by atoms with Gasteiger partial charge in [0.1, 0.15) is 0 Å². The van der Waals surface area contributed by atoms with Crippen LogP contribution in [0.25, 0.3) is 0 Å². The van der Waals surface area contributed by atoms with Crippen LogP contribution in [0.15, 0.2) is 29.6 Å². The molecule has 0 atom stereocenters. The van der Waals surface area contributed by atoms with Gasteiger partial charge in [-0.05, 0) is 24.7 Å². The Hall–Kier alpha value is -1.49. The summed E-state index contributed by atoms with van der Waals surface area (Å²) in [6, 6.07) is 3.80. The molecule has 1 aromatic rings. The SMILES string of the molecule is CCC(=NNC(N)=S)c1cccnc1. The zero-order chi connectivity index (χ0) is 10.4. The molecule has 74 valence electrons. The minimum atomic E-state index is 0.167. The zero-order valence-corrected chi connectivity index (χ0v) is 8.71. The van der Waals surface area contributed by atoms with Crippen LogP contribution in [0.2, 0.25) is 0 Å². The molecule has 1 rings (SSSR count). The largest absolute Gasteiger partial charge is 0.375 e. The second-order valence-corrected chi connectivity index (χ2v) is 3.07. The molecule has 0 aromatic carbocycles. The number of rotatable bonds is 3. The first-order valence-corrected chi connectivity index (χ1v) is 4.67. The highest BCUT2D eigenvalue weighted by Gasteiger charge is 1.99. The van der Waals surface area contributed by atoms with E-state index in [0.717, 1.165) is 17.7 Å². The third-order valence-electron chi connectivity index (χ3n) is 1.63. The van der Waals surface area contributed by atoms with Crippen molar-refractivity contribution in [3.05, 3.63) is 30.1 Å². The van der Waals surface area contributed by atoms with E-state index in [4.69, 9.17) is 5.73 Å². The van der Waals surface area contributed by atoms with Crippen molar-refractivity contribution in [2.45, 2.75) is 13.3 Å². The predicted molar refractivity (Wildman–Crippen MR) is 61.0 cm³/mol. The van der Waals surface area contributed by atoms with Gasteiger partial charge in [0.2, 0.25) is 0 Å². The van der Waals surface area contributed by atoms with Crippen LogP contribution < -0.4 is 11.2 Å². The number of pyridine rings is 1. The number of thiocarbonyl (C=S) groups is 1. The fourth-order valence-electron chi connectivity index (χ4n) is 1.00. The highest BCUT2D eigenvalue weighted by molar-refractivity contribution is 7.80. The molecule has 0 aliphatic heterocycles. The minimum absolute atomic E-state index is 0.167. The van der Waals surface area contributed by atoms with E-state index >= 15 is 0 Å². The van der Waals surface area contributed by atoms with Crippen LogP contribution in [-0.4, -0.2) is 15.8 Å². The molecule has 4 nitrogen and oxygen atoms in total. The topological polar surface area (TPSA) is 63.3 Å². The van der Waals surface area contributed by atoms with E-state index in [9.17, 15) is 0 Å². The number of hydrazone groups is 1. The molecule has 0 saturated carbocycles. The Labute approximate surface area is 88.2 Å². The molecule has 0 spiro atoms. The van der Waals surface area contributed by atoms with Gasteiger partial charge >= 0.3 is 0 Å². The van der Waals surface area contributed by atoms with Gasteiger partial charge in [-0.25, -0.2) is 0 Å². The van der Waals surface area contributed by atoms with E-state index in [1.807, 2.05) is 19.1 Å². The third kappa shape index (κ3) is 3.10. The van der Waals surface area contributed by atoms with Gasteiger partial charge in [-0.3, -0.25) is 10.4 Å². The summed E-state index contributed by atoms with van der Waals surface area (Å²) in [6.45, 7) is 2.01. The van der Waals surface area contributed by atoms with Crippen LogP contribution in [-0.2, 0) is 0 Å². The lowest BCUT2D eigenvalue weighted by atomic mass is 10.1. The Kier molecular flexibility index (Phi) is 4.00. The van der Waals surface area contributed by atoms with Gasteiger partial charge in [-0.1, -0.05) is 13.0 Å². The van der Waals surface area contributed by atoms with Gasteiger partial charge in [0.15, 0.2) is 5.11 Å². The molecule has 0 saturated heterocycles. The molecule has 0 aliphatic rings. The summed E-state index contributed by atoms with van der Waals surface area (Å²) in [5.41, 5.74) is 9.69. The average molecular weight is 208 g/mol. The summed E-state index contributed by atoms with van der Waals surface area (Å²) >= 11 is 4.66. The predicted octanol–water partition coefficient (Wildman–Crippen LogP) is 1.03. The average Bonchev–Trinajstić information content (AvgIpc) is 2.20. The number of nitrogens with two attached hydrogens (primary N) is 1. The van der Waals surface area contributed by atoms with Crippen molar-refractivity contribution >= 4 is 23.0 Å². The summed E-state index contributed by atoms with van der Waals surface area (Å²) < 4.78 is 0. The molecular weight excluding hydrogens is 196 g/mol. The number of hydrogen-bond donors (Lipinski definition) is 2. The van der Waals surface area contributed by atoms with E-state index in [-0.39, 0.29) is 5.11 Å². The van der Waals surface area contributed by atoms with Crippen LogP contribution >= 0.6 is 12.2 Å². The molecule has 0 fully saturated rings. The van der Waals surface area contributed by atoms with E-state index in [1.54, 1.807) is 12.4 Å². The van der Waals surface area contributed by atoms with Crippen molar-refractivity contribution in [3.8, 4) is 0 Å². The molecule has 1 aromatic heterocycles. The Balaban J connectivity index is 2.82. The molecule has 5 heteroatoms. The zero-order valence-electron chi connectivity index (χ0n) is 7.90. The van der Waals surface area contributed by atoms with Crippen LogP contribution in [0.3, 0.4) is 0 Å². The molecule has 1 heterocycles. The van der Waals surface area contributed by atoms with Crippen molar-refractivity contribution in [2.24, 2.45) is 10.8 Å². The van der Waals surface area contributed by atoms with Gasteiger partial charge in [0.05, 0.1) is 5.71 Å². The number of aromatic nitrogens is 1. The first-order chi connectivity index (χ1) is 6.74. The van der Waals surface area contributed by atoms with Crippen molar-refractivity contribution in [3.63, 3.8) is 0 Å². The minimum Gasteiger partial charge on any atom is -0.375 e. The lowest BCUT2D eigenvalue weighted by molar-refractivity contribution is 1.01. The van der Waals surface area contributed by atoms with Crippen molar-refractivity contribution < 1.29 is 0 Å². The maximum atomic E-state index is 5.27. The Morgan fingerprint density at radius 2 is 2.50 bits per heavy atom. The fraction of sp³-hybridized carbons (Fsp3) is 0.222. The maximum absolute atomic E-state index is 5.27. The molecule has 0 aliphatic carbocycles. The Morgan fingerprint density at radius 1 is 1.71 bits per heavy atom. The summed E-state index contributed by atoms with van der Waals surface area (Å²) in [5, 5.41) is 4.24. The normalized spacial score (nSPS) is 11.1. The summed E-state index contributed by atoms with van der Waals surface area (Å²) in [7, 11) is 0. The van der Waals surface area contributed by atoms with E-state index in [2.05, 4.69) is 27.7 Å². The van der Waals surface area contributed by atoms with E-state index in [0.29, 0.717) is 0 Å². The second kappa shape index (κ2) is 5.29. The van der Waals surface area contributed by atoms with E-state index < -0.39 is 0 Å². The van der Waals surface area contributed by atoms with Crippen LogP contribution in [0.5, 0.6) is 0 Å². The lowest BCUT2D eigenvalue weighted by Gasteiger charge is -2.03. The van der Waals surface area contributed by atoms with Crippen LogP contribution in [0.1, 0.15) is 18.9 Å². The molecule has 0 unspecified atom stereocenters. The monoisotopic (exact) mass is 208 g/mol. The second-order valence-electron chi connectivity index (χ2n) is 2.63. The Bertz CT molecular complexity index is 334. The molecule has 3 N–H and O–H groups in total. The van der Waals surface area contributed by atoms with Crippen LogP contribution in [0, 0.1) is 0 Å². The van der Waals surface area contributed by atoms with Gasteiger partial charge in [0, 0.05) is 18.0 Å². The first kappa shape index (κ1) is 10.6. The molecular formula is C9H12N4S. The smallest absolute Gasteiger partial charge is 0.184 e. The first-order valence-electron chi connectivity index (χ1n) is 4.26. The molecule has 0 bridgehead atoms. The lowest BCUT2D eigenvalue weighted by Crippen LogP contribution is -2.25. The summed E-state index contributed by atoms with van der Waals surface area (Å²) in [4.78, 5) is 4.01. The highest BCUT2D eigenvalue weighted by Crippen LogP contribution is 2.01. The van der Waals surface area contributed by atoms with Crippen molar-refractivity contribution in [1.82, 2.24) is 10.4 Å². The number of nitrogens with zero attached hydrogens (tertiary/aromatic N) is 2. The van der Waals surface area contributed by atoms with Gasteiger partial charge in [0.25, 0.3) is 0 Å². The highest BCUT2D eigenvalue weighted by atomic mass is 32.1. The quantitative estimate of drug-likeness (QED) is 0.442. The van der Waals surface area contributed by atoms with Crippen LogP contribution in [0.4, 0.5) is 0 Å². The standard InChI is InChI=1S/C9H12N4S/c1-2-8(12-13-9(10)14)7-4-3-5-11-6-7/h3-6H,2H2,1H3,(H3,10,13,14).